The summed E-state index contributed by atoms with van der Waals surface area (Å²) in [5.74, 6) is 1.03. The Bertz CT molecular complexity index is 416. The molecular formula is C14H19NO3. The highest BCUT2D eigenvalue weighted by Crippen LogP contribution is 2.35. The van der Waals surface area contributed by atoms with Crippen LogP contribution in [0.15, 0.2) is 18.2 Å². The highest BCUT2D eigenvalue weighted by molar-refractivity contribution is 5.46. The Labute approximate surface area is 107 Å². The first-order valence-electron chi connectivity index (χ1n) is 6.51. The third-order valence-corrected chi connectivity index (χ3v) is 3.60. The number of ether oxygens (including phenoxy) is 3. The van der Waals surface area contributed by atoms with E-state index in [0.717, 1.165) is 18.8 Å². The fourth-order valence-corrected chi connectivity index (χ4v) is 2.73. The van der Waals surface area contributed by atoms with Crippen LogP contribution in [0.3, 0.4) is 0 Å². The average molecular weight is 249 g/mol. The average Bonchev–Trinajstić information content (AvgIpc) is 2.90. The van der Waals surface area contributed by atoms with Crippen molar-refractivity contribution in [3.63, 3.8) is 0 Å². The molecule has 1 aromatic carbocycles. The molecule has 18 heavy (non-hydrogen) atoms. The summed E-state index contributed by atoms with van der Waals surface area (Å²) >= 11 is 0. The van der Waals surface area contributed by atoms with E-state index in [9.17, 15) is 0 Å². The van der Waals surface area contributed by atoms with Gasteiger partial charge in [-0.3, -0.25) is 0 Å². The fraction of sp³-hybridized carbons (Fsp3) is 0.571. The van der Waals surface area contributed by atoms with E-state index in [2.05, 4.69) is 23.5 Å². The summed E-state index contributed by atoms with van der Waals surface area (Å²) in [6.07, 6.45) is 1.06. The SMILES string of the molecule is CNC(c1cccc2c1OCC2)C1COCCO1. The molecule has 4 heteroatoms. The maximum atomic E-state index is 5.80. The molecule has 2 unspecified atom stereocenters. The second-order valence-electron chi connectivity index (χ2n) is 4.68. The van der Waals surface area contributed by atoms with Gasteiger partial charge in [0.25, 0.3) is 0 Å². The van der Waals surface area contributed by atoms with Crippen LogP contribution in [0.4, 0.5) is 0 Å². The lowest BCUT2D eigenvalue weighted by molar-refractivity contribution is -0.101. The van der Waals surface area contributed by atoms with Gasteiger partial charge < -0.3 is 19.5 Å². The smallest absolute Gasteiger partial charge is 0.127 e. The molecule has 1 saturated heterocycles. The Morgan fingerprint density at radius 3 is 3.00 bits per heavy atom. The van der Waals surface area contributed by atoms with Crippen molar-refractivity contribution >= 4 is 0 Å². The van der Waals surface area contributed by atoms with Crippen LogP contribution >= 0.6 is 0 Å². The number of hydrogen-bond acceptors (Lipinski definition) is 4. The van der Waals surface area contributed by atoms with Crippen LogP contribution < -0.4 is 10.1 Å². The molecule has 0 radical (unpaired) electrons. The Kier molecular flexibility index (Phi) is 3.50. The van der Waals surface area contributed by atoms with Gasteiger partial charge in [0.1, 0.15) is 11.9 Å². The van der Waals surface area contributed by atoms with Gasteiger partial charge in [-0.15, -0.1) is 0 Å². The molecule has 0 aromatic heterocycles. The van der Waals surface area contributed by atoms with E-state index in [0.29, 0.717) is 19.8 Å². The number of nitrogens with one attached hydrogen (secondary N) is 1. The fourth-order valence-electron chi connectivity index (χ4n) is 2.73. The number of rotatable bonds is 3. The van der Waals surface area contributed by atoms with Crippen molar-refractivity contribution in [3.8, 4) is 5.75 Å². The van der Waals surface area contributed by atoms with E-state index in [4.69, 9.17) is 14.2 Å². The van der Waals surface area contributed by atoms with Crippen LogP contribution in [0.5, 0.6) is 5.75 Å². The van der Waals surface area contributed by atoms with Gasteiger partial charge >= 0.3 is 0 Å². The predicted octanol–water partition coefficient (Wildman–Crippen LogP) is 1.30. The third-order valence-electron chi connectivity index (χ3n) is 3.60. The molecule has 0 saturated carbocycles. The van der Waals surface area contributed by atoms with Crippen molar-refractivity contribution < 1.29 is 14.2 Å². The van der Waals surface area contributed by atoms with Crippen molar-refractivity contribution in [1.29, 1.82) is 0 Å². The van der Waals surface area contributed by atoms with Crippen molar-refractivity contribution in [2.45, 2.75) is 18.6 Å². The zero-order valence-electron chi connectivity index (χ0n) is 10.6. The van der Waals surface area contributed by atoms with Crippen LogP contribution in [0.1, 0.15) is 17.2 Å². The predicted molar refractivity (Wildman–Crippen MR) is 68.0 cm³/mol. The second-order valence-corrected chi connectivity index (χ2v) is 4.68. The third kappa shape index (κ3) is 2.11. The molecule has 4 nitrogen and oxygen atoms in total. The first-order chi connectivity index (χ1) is 8.90. The van der Waals surface area contributed by atoms with Gasteiger partial charge in [0.15, 0.2) is 0 Å². The molecule has 2 aliphatic heterocycles. The van der Waals surface area contributed by atoms with E-state index < -0.39 is 0 Å². The molecule has 2 heterocycles. The van der Waals surface area contributed by atoms with Crippen LogP contribution in [0.25, 0.3) is 0 Å². The van der Waals surface area contributed by atoms with E-state index in [1.54, 1.807) is 0 Å². The molecule has 2 aliphatic rings. The van der Waals surface area contributed by atoms with Gasteiger partial charge in [0.2, 0.25) is 0 Å². The standard InChI is InChI=1S/C14H19NO3/c1-15-13(12-9-16-7-8-17-12)11-4-2-3-10-5-6-18-14(10)11/h2-4,12-13,15H,5-9H2,1H3. The lowest BCUT2D eigenvalue weighted by Crippen LogP contribution is -2.39. The van der Waals surface area contributed by atoms with Crippen molar-refractivity contribution in [3.05, 3.63) is 29.3 Å². The van der Waals surface area contributed by atoms with Gasteiger partial charge in [-0.2, -0.15) is 0 Å². The van der Waals surface area contributed by atoms with Crippen molar-refractivity contribution in [1.82, 2.24) is 5.32 Å². The lowest BCUT2D eigenvalue weighted by Gasteiger charge is -2.31. The minimum Gasteiger partial charge on any atom is -0.493 e. The largest absolute Gasteiger partial charge is 0.493 e. The summed E-state index contributed by atoms with van der Waals surface area (Å²) in [5, 5.41) is 3.33. The molecule has 1 aromatic rings. The molecule has 1 fully saturated rings. The zero-order valence-corrected chi connectivity index (χ0v) is 10.6. The van der Waals surface area contributed by atoms with E-state index in [1.807, 2.05) is 7.05 Å². The molecule has 0 bridgehead atoms. The number of hydrogen-bond donors (Lipinski definition) is 1. The summed E-state index contributed by atoms with van der Waals surface area (Å²) in [6.45, 7) is 2.77. The summed E-state index contributed by atoms with van der Waals surface area (Å²) in [6, 6.07) is 6.47. The Hall–Kier alpha value is -1.10. The molecule has 2 atom stereocenters. The number of para-hydroxylation sites is 1. The summed E-state index contributed by atoms with van der Waals surface area (Å²) in [4.78, 5) is 0. The van der Waals surface area contributed by atoms with Gasteiger partial charge in [-0.1, -0.05) is 18.2 Å². The van der Waals surface area contributed by atoms with Gasteiger partial charge in [-0.05, 0) is 12.6 Å². The molecule has 98 valence electrons. The topological polar surface area (TPSA) is 39.7 Å². The zero-order chi connectivity index (χ0) is 12.4. The molecule has 0 aliphatic carbocycles. The number of fused-ring (bicyclic) bond motifs is 1. The Morgan fingerprint density at radius 2 is 2.22 bits per heavy atom. The van der Waals surface area contributed by atoms with Crippen LogP contribution in [-0.4, -0.2) is 39.6 Å². The monoisotopic (exact) mass is 249 g/mol. The summed E-state index contributed by atoms with van der Waals surface area (Å²) < 4.78 is 17.1. The Morgan fingerprint density at radius 1 is 1.28 bits per heavy atom. The lowest BCUT2D eigenvalue weighted by atomic mass is 9.97. The molecule has 0 amide bonds. The van der Waals surface area contributed by atoms with Crippen LogP contribution in [-0.2, 0) is 15.9 Å². The van der Waals surface area contributed by atoms with Gasteiger partial charge in [0.05, 0.1) is 32.5 Å². The van der Waals surface area contributed by atoms with E-state index in [-0.39, 0.29) is 12.1 Å². The maximum Gasteiger partial charge on any atom is 0.127 e. The molecule has 0 spiro atoms. The number of benzene rings is 1. The van der Waals surface area contributed by atoms with Crippen LogP contribution in [0, 0.1) is 0 Å². The first-order valence-corrected chi connectivity index (χ1v) is 6.51. The minimum atomic E-state index is 0.0550. The van der Waals surface area contributed by atoms with Gasteiger partial charge in [-0.25, -0.2) is 0 Å². The maximum absolute atomic E-state index is 5.80. The molecule has 3 rings (SSSR count). The Balaban J connectivity index is 1.89. The normalized spacial score (nSPS) is 24.4. The highest BCUT2D eigenvalue weighted by Gasteiger charge is 2.29. The molecular weight excluding hydrogens is 230 g/mol. The highest BCUT2D eigenvalue weighted by atomic mass is 16.6. The minimum absolute atomic E-state index is 0.0550. The molecule has 1 N–H and O–H groups in total. The quantitative estimate of drug-likeness (QED) is 0.876. The first kappa shape index (κ1) is 12.0. The van der Waals surface area contributed by atoms with Crippen molar-refractivity contribution in [2.24, 2.45) is 0 Å². The van der Waals surface area contributed by atoms with Gasteiger partial charge in [0, 0.05) is 12.0 Å². The van der Waals surface area contributed by atoms with Crippen molar-refractivity contribution in [2.75, 3.05) is 33.5 Å². The summed E-state index contributed by atoms with van der Waals surface area (Å²) in [7, 11) is 1.96. The van der Waals surface area contributed by atoms with E-state index in [1.165, 1.54) is 11.1 Å². The summed E-state index contributed by atoms with van der Waals surface area (Å²) in [5.41, 5.74) is 2.48. The van der Waals surface area contributed by atoms with Crippen LogP contribution in [0.2, 0.25) is 0 Å². The van der Waals surface area contributed by atoms with E-state index >= 15 is 0 Å². The second kappa shape index (κ2) is 5.26. The number of likely N-dealkylation sites (N-methyl/N-ethyl adjacent to an activating group) is 1.